The van der Waals surface area contributed by atoms with Crippen molar-refractivity contribution in [2.45, 2.75) is 0 Å². The smallest absolute Gasteiger partial charge is 0.0788 e. The number of hydrogen-bond acceptors (Lipinski definition) is 1. The average Bonchev–Trinajstić information content (AvgIpc) is 3.72. The Kier molecular flexibility index (Phi) is 6.25. The third-order valence-corrected chi connectivity index (χ3v) is 10.7. The highest BCUT2D eigenvalue weighted by Crippen LogP contribution is 2.41. The van der Waals surface area contributed by atoms with Crippen LogP contribution >= 0.6 is 0 Å². The van der Waals surface area contributed by atoms with Gasteiger partial charge in [-0.25, -0.2) is 4.98 Å². The van der Waals surface area contributed by atoms with E-state index in [0.717, 1.165) is 27.8 Å². The van der Waals surface area contributed by atoms with Gasteiger partial charge in [-0.1, -0.05) is 121 Å². The largest absolute Gasteiger partial charge is 0.309 e. The Morgan fingerprint density at radius 2 is 0.788 bits per heavy atom. The fourth-order valence-electron chi connectivity index (χ4n) is 8.32. The van der Waals surface area contributed by atoms with Gasteiger partial charge in [-0.2, -0.15) is 0 Å². The lowest BCUT2D eigenvalue weighted by Crippen LogP contribution is -1.94. The molecule has 0 radical (unpaired) electrons. The van der Waals surface area contributed by atoms with Crippen LogP contribution in [0.2, 0.25) is 0 Å². The number of nitrogens with zero attached hydrogens (tertiary/aromatic N) is 3. The van der Waals surface area contributed by atoms with Crippen LogP contribution in [0.25, 0.3) is 99.0 Å². The zero-order valence-electron chi connectivity index (χ0n) is 28.2. The van der Waals surface area contributed by atoms with Crippen LogP contribution < -0.4 is 0 Å². The van der Waals surface area contributed by atoms with E-state index in [4.69, 9.17) is 4.98 Å². The quantitative estimate of drug-likeness (QED) is 0.172. The van der Waals surface area contributed by atoms with Crippen molar-refractivity contribution in [2.75, 3.05) is 0 Å². The molecule has 0 saturated heterocycles. The predicted octanol–water partition coefficient (Wildman–Crippen LogP) is 12.9. The minimum absolute atomic E-state index is 0.994. The molecule has 0 spiro atoms. The first-order valence-electron chi connectivity index (χ1n) is 17.8. The molecule has 3 heterocycles. The number of aromatic nitrogens is 3. The van der Waals surface area contributed by atoms with E-state index in [-0.39, 0.29) is 0 Å². The second-order valence-electron chi connectivity index (χ2n) is 13.6. The SMILES string of the molecule is c1ccc(-n2c3ccccc3c3cc(-c4ccc(-c5nc6ccccc6c6cc7c8ccccc8n(-c8ccccc8)c7cc56)cc4)ccc32)cc1. The van der Waals surface area contributed by atoms with Gasteiger partial charge >= 0.3 is 0 Å². The zero-order chi connectivity index (χ0) is 34.2. The number of benzene rings is 8. The molecule has 0 unspecified atom stereocenters. The van der Waals surface area contributed by atoms with E-state index in [1.807, 2.05) is 0 Å². The third kappa shape index (κ3) is 4.30. The van der Waals surface area contributed by atoms with Crippen molar-refractivity contribution < 1.29 is 0 Å². The molecule has 3 nitrogen and oxygen atoms in total. The monoisotopic (exact) mass is 661 g/mol. The molecule has 242 valence electrons. The summed E-state index contributed by atoms with van der Waals surface area (Å²) in [6.07, 6.45) is 0. The summed E-state index contributed by atoms with van der Waals surface area (Å²) in [6.45, 7) is 0. The van der Waals surface area contributed by atoms with Crippen LogP contribution in [0.1, 0.15) is 0 Å². The Bertz CT molecular complexity index is 3150. The molecule has 3 aromatic heterocycles. The molecular weight excluding hydrogens is 631 g/mol. The van der Waals surface area contributed by atoms with Gasteiger partial charge in [0.1, 0.15) is 0 Å². The first kappa shape index (κ1) is 28.8. The van der Waals surface area contributed by atoms with Crippen LogP contribution in [0.4, 0.5) is 0 Å². The fraction of sp³-hybridized carbons (Fsp3) is 0. The normalized spacial score (nSPS) is 11.8. The molecule has 0 saturated carbocycles. The fourth-order valence-corrected chi connectivity index (χ4v) is 8.32. The van der Waals surface area contributed by atoms with Crippen molar-refractivity contribution in [2.24, 2.45) is 0 Å². The summed E-state index contributed by atoms with van der Waals surface area (Å²) in [4.78, 5) is 5.33. The van der Waals surface area contributed by atoms with Gasteiger partial charge in [0.15, 0.2) is 0 Å². The molecule has 0 aliphatic rings. The Balaban J connectivity index is 1.10. The van der Waals surface area contributed by atoms with E-state index in [1.165, 1.54) is 71.2 Å². The number of hydrogen-bond donors (Lipinski definition) is 0. The molecule has 8 aromatic carbocycles. The van der Waals surface area contributed by atoms with Crippen LogP contribution in [0.3, 0.4) is 0 Å². The maximum Gasteiger partial charge on any atom is 0.0788 e. The first-order chi connectivity index (χ1) is 25.8. The number of rotatable bonds is 4. The lowest BCUT2D eigenvalue weighted by Gasteiger charge is -2.13. The van der Waals surface area contributed by atoms with Crippen molar-refractivity contribution in [3.05, 3.63) is 188 Å². The highest BCUT2D eigenvalue weighted by atomic mass is 15.0. The van der Waals surface area contributed by atoms with Crippen LogP contribution in [-0.4, -0.2) is 14.1 Å². The molecule has 0 bridgehead atoms. The molecule has 0 fully saturated rings. The lowest BCUT2D eigenvalue weighted by atomic mass is 9.96. The minimum Gasteiger partial charge on any atom is -0.309 e. The third-order valence-electron chi connectivity index (χ3n) is 10.7. The van der Waals surface area contributed by atoms with Crippen molar-refractivity contribution in [3.8, 4) is 33.8 Å². The molecule has 0 atom stereocenters. The number of fused-ring (bicyclic) bond motifs is 9. The van der Waals surface area contributed by atoms with Gasteiger partial charge in [-0.15, -0.1) is 0 Å². The summed E-state index contributed by atoms with van der Waals surface area (Å²) in [5.41, 5.74) is 12.6. The van der Waals surface area contributed by atoms with Gasteiger partial charge in [-0.05, 0) is 83.2 Å². The Morgan fingerprint density at radius 3 is 1.46 bits per heavy atom. The van der Waals surface area contributed by atoms with Crippen molar-refractivity contribution in [1.29, 1.82) is 0 Å². The molecule has 52 heavy (non-hydrogen) atoms. The van der Waals surface area contributed by atoms with Gasteiger partial charge < -0.3 is 9.13 Å². The van der Waals surface area contributed by atoms with E-state index in [9.17, 15) is 0 Å². The molecule has 0 amide bonds. The van der Waals surface area contributed by atoms with Gasteiger partial charge in [0, 0.05) is 49.3 Å². The molecule has 11 rings (SSSR count). The van der Waals surface area contributed by atoms with Crippen LogP contribution in [-0.2, 0) is 0 Å². The van der Waals surface area contributed by atoms with Gasteiger partial charge in [-0.3, -0.25) is 0 Å². The number of para-hydroxylation sites is 5. The maximum atomic E-state index is 5.33. The molecule has 0 N–H and O–H groups in total. The standard InChI is InChI=1S/C49H31N3/c1-3-13-35(14-4-1)51-45-21-11-8-18-38(45)41-29-34(27-28-47(41)51)32-23-25-33(26-24-32)49-43-31-48-42(30-40(43)37-17-7-10-20-44(37)50-49)39-19-9-12-22-46(39)52(48)36-15-5-2-6-16-36/h1-31H. The molecule has 0 aliphatic heterocycles. The topological polar surface area (TPSA) is 22.8 Å². The summed E-state index contributed by atoms with van der Waals surface area (Å²) < 4.78 is 4.75. The maximum absolute atomic E-state index is 5.33. The first-order valence-corrected chi connectivity index (χ1v) is 17.8. The summed E-state index contributed by atoms with van der Waals surface area (Å²) >= 11 is 0. The Hall–Kier alpha value is -6.97. The van der Waals surface area contributed by atoms with Gasteiger partial charge in [0.05, 0.1) is 33.3 Å². The van der Waals surface area contributed by atoms with Crippen molar-refractivity contribution in [3.63, 3.8) is 0 Å². The molecular formula is C49H31N3. The lowest BCUT2D eigenvalue weighted by molar-refractivity contribution is 1.18. The summed E-state index contributed by atoms with van der Waals surface area (Å²) in [7, 11) is 0. The second kappa shape index (κ2) is 11.3. The van der Waals surface area contributed by atoms with Crippen LogP contribution in [0, 0.1) is 0 Å². The zero-order valence-corrected chi connectivity index (χ0v) is 28.2. The molecule has 11 aromatic rings. The molecule has 3 heteroatoms. The van der Waals surface area contributed by atoms with Crippen molar-refractivity contribution >= 4 is 65.3 Å². The van der Waals surface area contributed by atoms with Crippen LogP contribution in [0.15, 0.2) is 188 Å². The number of pyridine rings is 1. The minimum atomic E-state index is 0.994. The summed E-state index contributed by atoms with van der Waals surface area (Å²) in [6, 6.07) is 67.8. The Labute approximate surface area is 300 Å². The molecule has 0 aliphatic carbocycles. The van der Waals surface area contributed by atoms with E-state index in [1.54, 1.807) is 0 Å². The van der Waals surface area contributed by atoms with Gasteiger partial charge in [0.2, 0.25) is 0 Å². The van der Waals surface area contributed by atoms with E-state index >= 15 is 0 Å². The van der Waals surface area contributed by atoms with Crippen molar-refractivity contribution in [1.82, 2.24) is 14.1 Å². The highest BCUT2D eigenvalue weighted by Gasteiger charge is 2.18. The van der Waals surface area contributed by atoms with E-state index < -0.39 is 0 Å². The summed E-state index contributed by atoms with van der Waals surface area (Å²) in [5, 5.41) is 8.53. The van der Waals surface area contributed by atoms with E-state index in [0.29, 0.717) is 0 Å². The van der Waals surface area contributed by atoms with Crippen LogP contribution in [0.5, 0.6) is 0 Å². The van der Waals surface area contributed by atoms with E-state index in [2.05, 4.69) is 197 Å². The Morgan fingerprint density at radius 1 is 0.288 bits per heavy atom. The second-order valence-corrected chi connectivity index (χ2v) is 13.6. The highest BCUT2D eigenvalue weighted by molar-refractivity contribution is 6.20. The summed E-state index contributed by atoms with van der Waals surface area (Å²) in [5.74, 6) is 0. The average molecular weight is 662 g/mol. The predicted molar refractivity (Wildman–Crippen MR) is 219 cm³/mol. The van der Waals surface area contributed by atoms with Gasteiger partial charge in [0.25, 0.3) is 0 Å².